The highest BCUT2D eigenvalue weighted by Crippen LogP contribution is 2.19. The van der Waals surface area contributed by atoms with Crippen LogP contribution < -0.4 is 5.73 Å². The summed E-state index contributed by atoms with van der Waals surface area (Å²) in [5, 5.41) is 0. The normalized spacial score (nSPS) is 27.4. The lowest BCUT2D eigenvalue weighted by Gasteiger charge is -2.34. The Morgan fingerprint density at radius 2 is 1.50 bits per heavy atom. The Morgan fingerprint density at radius 1 is 1.00 bits per heavy atom. The van der Waals surface area contributed by atoms with Crippen molar-refractivity contribution in [2.24, 2.45) is 11.7 Å². The number of hydrogen-bond donors (Lipinski definition) is 1. The van der Waals surface area contributed by atoms with Crippen molar-refractivity contribution in [2.45, 2.75) is 38.6 Å². The van der Waals surface area contributed by atoms with Crippen molar-refractivity contribution in [3.63, 3.8) is 0 Å². The molecular weight excluding hydrogens is 198 g/mol. The van der Waals surface area contributed by atoms with Gasteiger partial charge in [0.1, 0.15) is 0 Å². The van der Waals surface area contributed by atoms with Crippen LogP contribution in [0.15, 0.2) is 0 Å². The van der Waals surface area contributed by atoms with Crippen LogP contribution in [0.2, 0.25) is 0 Å². The van der Waals surface area contributed by atoms with Crippen LogP contribution in [0.3, 0.4) is 0 Å². The molecule has 2 heterocycles. The third-order valence-corrected chi connectivity index (χ3v) is 4.31. The second kappa shape index (κ2) is 5.99. The van der Waals surface area contributed by atoms with Crippen molar-refractivity contribution in [3.05, 3.63) is 0 Å². The molecule has 0 radical (unpaired) electrons. The van der Waals surface area contributed by atoms with Gasteiger partial charge in [-0.25, -0.2) is 0 Å². The third-order valence-electron chi connectivity index (χ3n) is 4.31. The van der Waals surface area contributed by atoms with E-state index in [0.29, 0.717) is 6.04 Å². The van der Waals surface area contributed by atoms with Gasteiger partial charge in [-0.15, -0.1) is 0 Å². The number of nitrogens with zero attached hydrogens (tertiary/aromatic N) is 2. The van der Waals surface area contributed by atoms with Crippen molar-refractivity contribution < 1.29 is 0 Å². The molecule has 2 N–H and O–H groups in total. The maximum atomic E-state index is 5.96. The van der Waals surface area contributed by atoms with Crippen LogP contribution >= 0.6 is 0 Å². The maximum absolute atomic E-state index is 5.96. The van der Waals surface area contributed by atoms with Crippen molar-refractivity contribution in [1.29, 1.82) is 0 Å². The number of likely N-dealkylation sites (tertiary alicyclic amines) is 2. The summed E-state index contributed by atoms with van der Waals surface area (Å²) in [5.74, 6) is 0.767. The molecule has 0 bridgehead atoms. The molecular formula is C13H27N3. The molecule has 0 aromatic heterocycles. The molecule has 0 aliphatic carbocycles. The zero-order chi connectivity index (χ0) is 11.4. The van der Waals surface area contributed by atoms with Gasteiger partial charge in [0.25, 0.3) is 0 Å². The summed E-state index contributed by atoms with van der Waals surface area (Å²) in [4.78, 5) is 5.23. The molecule has 0 saturated carbocycles. The molecule has 0 amide bonds. The van der Waals surface area contributed by atoms with Crippen LogP contribution in [0.1, 0.15) is 32.6 Å². The highest BCUT2D eigenvalue weighted by Gasteiger charge is 2.22. The van der Waals surface area contributed by atoms with Gasteiger partial charge in [0, 0.05) is 19.1 Å². The molecule has 0 aromatic carbocycles. The fourth-order valence-corrected chi connectivity index (χ4v) is 2.99. The second-order valence-corrected chi connectivity index (χ2v) is 5.59. The zero-order valence-corrected chi connectivity index (χ0v) is 10.7. The lowest BCUT2D eigenvalue weighted by atomic mass is 9.91. The lowest BCUT2D eigenvalue weighted by Crippen LogP contribution is -2.42. The molecule has 3 nitrogen and oxygen atoms in total. The van der Waals surface area contributed by atoms with E-state index in [0.717, 1.165) is 5.92 Å². The van der Waals surface area contributed by atoms with E-state index in [1.165, 1.54) is 65.0 Å². The molecule has 2 aliphatic rings. The minimum absolute atomic E-state index is 0.390. The van der Waals surface area contributed by atoms with Gasteiger partial charge in [-0.2, -0.15) is 0 Å². The quantitative estimate of drug-likeness (QED) is 0.779. The van der Waals surface area contributed by atoms with E-state index in [2.05, 4.69) is 16.7 Å². The Kier molecular flexibility index (Phi) is 4.62. The van der Waals surface area contributed by atoms with E-state index < -0.39 is 0 Å². The summed E-state index contributed by atoms with van der Waals surface area (Å²) in [6.07, 6.45) is 5.43. The summed E-state index contributed by atoms with van der Waals surface area (Å²) in [6, 6.07) is 0.390. The first-order valence-corrected chi connectivity index (χ1v) is 6.96. The highest BCUT2D eigenvalue weighted by atomic mass is 15.2. The summed E-state index contributed by atoms with van der Waals surface area (Å²) in [5.41, 5.74) is 5.96. The lowest BCUT2D eigenvalue weighted by molar-refractivity contribution is 0.155. The van der Waals surface area contributed by atoms with Crippen LogP contribution in [0.4, 0.5) is 0 Å². The largest absolute Gasteiger partial charge is 0.328 e. The van der Waals surface area contributed by atoms with Gasteiger partial charge < -0.3 is 15.5 Å². The number of rotatable bonds is 4. The molecule has 3 heteroatoms. The molecule has 16 heavy (non-hydrogen) atoms. The molecule has 1 unspecified atom stereocenters. The van der Waals surface area contributed by atoms with Gasteiger partial charge in [0.2, 0.25) is 0 Å². The first-order valence-electron chi connectivity index (χ1n) is 6.96. The molecule has 1 atom stereocenters. The first-order chi connectivity index (χ1) is 7.75. The van der Waals surface area contributed by atoms with Crippen molar-refractivity contribution >= 4 is 0 Å². The number of piperidine rings is 1. The topological polar surface area (TPSA) is 32.5 Å². The van der Waals surface area contributed by atoms with Crippen LogP contribution in [-0.2, 0) is 0 Å². The fourth-order valence-electron chi connectivity index (χ4n) is 2.99. The Hall–Kier alpha value is -0.120. The average molecular weight is 225 g/mol. The number of nitrogens with two attached hydrogens (primary N) is 1. The summed E-state index contributed by atoms with van der Waals surface area (Å²) in [6.45, 7) is 9.89. The molecule has 94 valence electrons. The monoisotopic (exact) mass is 225 g/mol. The van der Waals surface area contributed by atoms with Gasteiger partial charge in [-0.1, -0.05) is 0 Å². The highest BCUT2D eigenvalue weighted by molar-refractivity contribution is 4.78. The Balaban J connectivity index is 1.61. The summed E-state index contributed by atoms with van der Waals surface area (Å²) < 4.78 is 0. The van der Waals surface area contributed by atoms with E-state index >= 15 is 0 Å². The minimum Gasteiger partial charge on any atom is -0.328 e. The molecule has 2 saturated heterocycles. The van der Waals surface area contributed by atoms with Crippen molar-refractivity contribution in [3.8, 4) is 0 Å². The van der Waals surface area contributed by atoms with Crippen molar-refractivity contribution in [2.75, 3.05) is 39.3 Å². The molecule has 0 aromatic rings. The van der Waals surface area contributed by atoms with E-state index in [9.17, 15) is 0 Å². The first kappa shape index (κ1) is 12.3. The van der Waals surface area contributed by atoms with Crippen LogP contribution in [0, 0.1) is 5.92 Å². The fraction of sp³-hybridized carbons (Fsp3) is 1.00. The summed E-state index contributed by atoms with van der Waals surface area (Å²) >= 11 is 0. The minimum atomic E-state index is 0.390. The van der Waals surface area contributed by atoms with Gasteiger partial charge in [0.05, 0.1) is 0 Å². The second-order valence-electron chi connectivity index (χ2n) is 5.59. The van der Waals surface area contributed by atoms with Gasteiger partial charge in [-0.05, 0) is 64.7 Å². The average Bonchev–Trinajstić information content (AvgIpc) is 2.80. The van der Waals surface area contributed by atoms with Crippen LogP contribution in [-0.4, -0.2) is 55.1 Å². The zero-order valence-electron chi connectivity index (χ0n) is 10.7. The van der Waals surface area contributed by atoms with E-state index in [1.54, 1.807) is 0 Å². The Labute approximate surface area is 100.0 Å². The molecule has 2 aliphatic heterocycles. The van der Waals surface area contributed by atoms with Crippen LogP contribution in [0.25, 0.3) is 0 Å². The summed E-state index contributed by atoms with van der Waals surface area (Å²) in [7, 11) is 0. The van der Waals surface area contributed by atoms with Gasteiger partial charge >= 0.3 is 0 Å². The maximum Gasteiger partial charge on any atom is 0.0109 e. The third kappa shape index (κ3) is 3.44. The SMILES string of the molecule is CC(N)C1CCN(CCN2CCCC2)CC1. The Bertz CT molecular complexity index is 191. The van der Waals surface area contributed by atoms with Gasteiger partial charge in [0.15, 0.2) is 0 Å². The molecule has 2 fully saturated rings. The van der Waals surface area contributed by atoms with Crippen LogP contribution in [0.5, 0.6) is 0 Å². The predicted molar refractivity (Wildman–Crippen MR) is 68.5 cm³/mol. The van der Waals surface area contributed by atoms with Gasteiger partial charge in [-0.3, -0.25) is 0 Å². The van der Waals surface area contributed by atoms with Crippen molar-refractivity contribution in [1.82, 2.24) is 9.80 Å². The molecule has 2 rings (SSSR count). The Morgan fingerprint density at radius 3 is 2.00 bits per heavy atom. The number of hydrogen-bond acceptors (Lipinski definition) is 3. The smallest absolute Gasteiger partial charge is 0.0109 e. The standard InChI is InChI=1S/C13H27N3/c1-12(14)13-4-8-16(9-5-13)11-10-15-6-2-3-7-15/h12-13H,2-11,14H2,1H3. The van der Waals surface area contributed by atoms with E-state index in [1.807, 2.05) is 0 Å². The van der Waals surface area contributed by atoms with E-state index in [4.69, 9.17) is 5.73 Å². The van der Waals surface area contributed by atoms with E-state index in [-0.39, 0.29) is 0 Å². The molecule has 0 spiro atoms. The predicted octanol–water partition coefficient (Wildman–Crippen LogP) is 1.14.